The van der Waals surface area contributed by atoms with Crippen molar-refractivity contribution >= 4 is 0 Å². The Morgan fingerprint density at radius 1 is 1.38 bits per heavy atom. The van der Waals surface area contributed by atoms with Crippen molar-refractivity contribution in [3.05, 3.63) is 0 Å². The summed E-state index contributed by atoms with van der Waals surface area (Å²) in [5, 5.41) is 0. The minimum atomic E-state index is 0.124. The van der Waals surface area contributed by atoms with Crippen molar-refractivity contribution in [3.8, 4) is 0 Å². The van der Waals surface area contributed by atoms with Crippen molar-refractivity contribution in [2.75, 3.05) is 40.0 Å². The van der Waals surface area contributed by atoms with E-state index >= 15 is 0 Å². The lowest BCUT2D eigenvalue weighted by Gasteiger charge is -2.43. The Hall–Kier alpha value is -0.160. The molecule has 1 aliphatic rings. The Bertz CT molecular complexity index is 191. The van der Waals surface area contributed by atoms with Crippen LogP contribution >= 0.6 is 0 Å². The number of hydrogen-bond acceptors (Lipinski definition) is 4. The lowest BCUT2D eigenvalue weighted by atomic mass is 9.88. The van der Waals surface area contributed by atoms with Crippen LogP contribution in [0.15, 0.2) is 0 Å². The first kappa shape index (κ1) is 13.9. The zero-order valence-corrected chi connectivity index (χ0v) is 10.9. The van der Waals surface area contributed by atoms with Crippen molar-refractivity contribution in [2.24, 2.45) is 5.73 Å². The molecular weight excluding hydrogens is 204 g/mol. The molecule has 96 valence electrons. The maximum absolute atomic E-state index is 5.93. The smallest absolute Gasteiger partial charge is 0.0597 e. The van der Waals surface area contributed by atoms with Gasteiger partial charge < -0.3 is 15.2 Å². The predicted molar refractivity (Wildman–Crippen MR) is 65.6 cm³/mol. The zero-order valence-electron chi connectivity index (χ0n) is 10.9. The lowest BCUT2D eigenvalue weighted by molar-refractivity contribution is -0.0281. The molecule has 1 saturated heterocycles. The average Bonchev–Trinajstić information content (AvgIpc) is 2.29. The summed E-state index contributed by atoms with van der Waals surface area (Å²) in [5.74, 6) is 0. The van der Waals surface area contributed by atoms with Gasteiger partial charge in [0.25, 0.3) is 0 Å². The van der Waals surface area contributed by atoms with Crippen LogP contribution in [0, 0.1) is 0 Å². The van der Waals surface area contributed by atoms with E-state index < -0.39 is 0 Å². The highest BCUT2D eigenvalue weighted by Gasteiger charge is 2.34. The van der Waals surface area contributed by atoms with Gasteiger partial charge in [0.2, 0.25) is 0 Å². The van der Waals surface area contributed by atoms with E-state index in [-0.39, 0.29) is 5.54 Å². The topological polar surface area (TPSA) is 47.7 Å². The van der Waals surface area contributed by atoms with Gasteiger partial charge in [0.05, 0.1) is 12.7 Å². The third kappa shape index (κ3) is 3.70. The molecule has 0 aromatic carbocycles. The van der Waals surface area contributed by atoms with Crippen LogP contribution in [0.2, 0.25) is 0 Å². The molecule has 1 rings (SSSR count). The highest BCUT2D eigenvalue weighted by atomic mass is 16.5. The van der Waals surface area contributed by atoms with E-state index in [4.69, 9.17) is 15.2 Å². The van der Waals surface area contributed by atoms with Crippen molar-refractivity contribution in [1.29, 1.82) is 0 Å². The molecule has 0 aromatic rings. The number of ether oxygens (including phenoxy) is 2. The molecule has 2 N–H and O–H groups in total. The van der Waals surface area contributed by atoms with Crippen molar-refractivity contribution in [1.82, 2.24) is 4.90 Å². The number of nitrogens with zero attached hydrogens (tertiary/aromatic N) is 1. The van der Waals surface area contributed by atoms with Gasteiger partial charge >= 0.3 is 0 Å². The quantitative estimate of drug-likeness (QED) is 0.735. The van der Waals surface area contributed by atoms with Crippen LogP contribution in [0.5, 0.6) is 0 Å². The van der Waals surface area contributed by atoms with Crippen LogP contribution in [0.25, 0.3) is 0 Å². The van der Waals surface area contributed by atoms with Crippen LogP contribution in [-0.4, -0.2) is 56.5 Å². The van der Waals surface area contributed by atoms with Gasteiger partial charge in [0, 0.05) is 31.8 Å². The molecule has 1 heterocycles. The van der Waals surface area contributed by atoms with E-state index in [1.165, 1.54) is 0 Å². The number of likely N-dealkylation sites (N-methyl/N-ethyl adjacent to an activating group) is 1. The third-order valence-electron chi connectivity index (χ3n) is 3.49. The van der Waals surface area contributed by atoms with Crippen LogP contribution in [-0.2, 0) is 9.47 Å². The van der Waals surface area contributed by atoms with E-state index in [2.05, 4.69) is 25.8 Å². The molecule has 0 aromatic heterocycles. The highest BCUT2D eigenvalue weighted by molar-refractivity contribution is 4.92. The summed E-state index contributed by atoms with van der Waals surface area (Å²) in [4.78, 5) is 2.35. The van der Waals surface area contributed by atoms with Gasteiger partial charge in [-0.3, -0.25) is 4.90 Å². The normalized spacial score (nSPS) is 20.6. The molecule has 0 bridgehead atoms. The van der Waals surface area contributed by atoms with Crippen LogP contribution in [0.1, 0.15) is 26.7 Å². The molecular formula is C12H26N2O2. The summed E-state index contributed by atoms with van der Waals surface area (Å²) in [6.45, 7) is 8.19. The van der Waals surface area contributed by atoms with Crippen molar-refractivity contribution in [2.45, 2.75) is 38.3 Å². The first-order chi connectivity index (χ1) is 7.60. The Morgan fingerprint density at radius 3 is 2.50 bits per heavy atom. The van der Waals surface area contributed by atoms with E-state index in [1.54, 1.807) is 0 Å². The van der Waals surface area contributed by atoms with Gasteiger partial charge in [0.1, 0.15) is 0 Å². The highest BCUT2D eigenvalue weighted by Crippen LogP contribution is 2.25. The second-order valence-corrected chi connectivity index (χ2v) is 4.88. The number of rotatable bonds is 6. The van der Waals surface area contributed by atoms with Gasteiger partial charge in [0.15, 0.2) is 0 Å². The van der Waals surface area contributed by atoms with E-state index in [0.29, 0.717) is 12.6 Å². The van der Waals surface area contributed by atoms with Gasteiger partial charge in [-0.25, -0.2) is 0 Å². The fourth-order valence-corrected chi connectivity index (χ4v) is 2.16. The molecule has 4 nitrogen and oxygen atoms in total. The van der Waals surface area contributed by atoms with Crippen LogP contribution in [0.3, 0.4) is 0 Å². The molecule has 4 heteroatoms. The Balaban J connectivity index is 2.39. The SMILES string of the molecule is CC(C)OCCN(C)C1(CN)CCOCC1. The van der Waals surface area contributed by atoms with Crippen molar-refractivity contribution in [3.63, 3.8) is 0 Å². The second kappa shape index (κ2) is 6.55. The molecule has 0 radical (unpaired) electrons. The third-order valence-corrected chi connectivity index (χ3v) is 3.49. The van der Waals surface area contributed by atoms with Gasteiger partial charge in [-0.05, 0) is 33.7 Å². The van der Waals surface area contributed by atoms with Crippen LogP contribution in [0.4, 0.5) is 0 Å². The Morgan fingerprint density at radius 2 is 2.00 bits per heavy atom. The predicted octanol–water partition coefficient (Wildman–Crippen LogP) is 0.851. The molecule has 0 unspecified atom stereocenters. The summed E-state index contributed by atoms with van der Waals surface area (Å²) in [5.41, 5.74) is 6.06. The molecule has 0 atom stereocenters. The standard InChI is InChI=1S/C12H26N2O2/c1-11(2)16-9-6-14(3)12(10-13)4-7-15-8-5-12/h11H,4-10,13H2,1-3H3. The molecule has 0 amide bonds. The summed E-state index contributed by atoms with van der Waals surface area (Å²) in [7, 11) is 2.14. The lowest BCUT2D eigenvalue weighted by Crippen LogP contribution is -2.56. The first-order valence-electron chi connectivity index (χ1n) is 6.21. The van der Waals surface area contributed by atoms with Gasteiger partial charge in [-0.1, -0.05) is 0 Å². The maximum Gasteiger partial charge on any atom is 0.0597 e. The van der Waals surface area contributed by atoms with Gasteiger partial charge in [-0.2, -0.15) is 0 Å². The van der Waals surface area contributed by atoms with Gasteiger partial charge in [-0.15, -0.1) is 0 Å². The van der Waals surface area contributed by atoms with Crippen molar-refractivity contribution < 1.29 is 9.47 Å². The Labute approximate surface area is 99.1 Å². The molecule has 0 spiro atoms. The van der Waals surface area contributed by atoms with E-state index in [1.807, 2.05) is 0 Å². The minimum absolute atomic E-state index is 0.124. The monoisotopic (exact) mass is 230 g/mol. The summed E-state index contributed by atoms with van der Waals surface area (Å²) in [6.07, 6.45) is 2.36. The Kier molecular flexibility index (Phi) is 5.69. The minimum Gasteiger partial charge on any atom is -0.381 e. The van der Waals surface area contributed by atoms with E-state index in [9.17, 15) is 0 Å². The van der Waals surface area contributed by atoms with E-state index in [0.717, 1.165) is 39.2 Å². The van der Waals surface area contributed by atoms with Crippen LogP contribution < -0.4 is 5.73 Å². The first-order valence-corrected chi connectivity index (χ1v) is 6.21. The summed E-state index contributed by atoms with van der Waals surface area (Å²) >= 11 is 0. The molecule has 16 heavy (non-hydrogen) atoms. The molecule has 1 aliphatic heterocycles. The average molecular weight is 230 g/mol. The fourth-order valence-electron chi connectivity index (χ4n) is 2.16. The fraction of sp³-hybridized carbons (Fsp3) is 1.00. The number of nitrogens with two attached hydrogens (primary N) is 1. The maximum atomic E-state index is 5.93. The summed E-state index contributed by atoms with van der Waals surface area (Å²) < 4.78 is 11.0. The molecule has 0 saturated carbocycles. The largest absolute Gasteiger partial charge is 0.381 e. The second-order valence-electron chi connectivity index (χ2n) is 4.88. The zero-order chi connectivity index (χ0) is 12.0. The number of hydrogen-bond donors (Lipinski definition) is 1. The molecule has 1 fully saturated rings. The summed E-state index contributed by atoms with van der Waals surface area (Å²) in [6, 6.07) is 0. The molecule has 0 aliphatic carbocycles.